The highest BCUT2D eigenvalue weighted by Crippen LogP contribution is 2.70. The van der Waals surface area contributed by atoms with Crippen LogP contribution in [0.5, 0.6) is 0 Å². The van der Waals surface area contributed by atoms with Gasteiger partial charge in [0.2, 0.25) is 0 Å². The molecule has 1 amide bonds. The maximum atomic E-state index is 13.4. The van der Waals surface area contributed by atoms with Crippen LogP contribution in [0.2, 0.25) is 0 Å². The predicted octanol–water partition coefficient (Wildman–Crippen LogP) is 8.52. The summed E-state index contributed by atoms with van der Waals surface area (Å²) in [5.74, 6) is 4.39. The number of aromatic nitrogens is 4. The van der Waals surface area contributed by atoms with Crippen molar-refractivity contribution in [2.24, 2.45) is 86.6 Å². The Labute approximate surface area is 380 Å². The third-order valence-corrected chi connectivity index (χ3v) is 21.1. The van der Waals surface area contributed by atoms with Crippen molar-refractivity contribution in [3.63, 3.8) is 0 Å². The van der Waals surface area contributed by atoms with Crippen molar-refractivity contribution >= 4 is 23.4 Å². The molecule has 8 aliphatic rings. The van der Waals surface area contributed by atoms with Gasteiger partial charge in [-0.05, 0) is 198 Å². The van der Waals surface area contributed by atoms with Crippen molar-refractivity contribution in [3.05, 3.63) is 35.9 Å². The van der Waals surface area contributed by atoms with E-state index in [1.165, 1.54) is 61.8 Å². The van der Waals surface area contributed by atoms with Gasteiger partial charge in [-0.3, -0.25) is 23.7 Å². The zero-order valence-electron chi connectivity index (χ0n) is 39.6. The van der Waals surface area contributed by atoms with E-state index in [-0.39, 0.29) is 52.9 Å². The van der Waals surface area contributed by atoms with Crippen LogP contribution in [0.1, 0.15) is 178 Å². The summed E-state index contributed by atoms with van der Waals surface area (Å²) in [7, 11) is 0. The first-order valence-corrected chi connectivity index (χ1v) is 25.2. The Balaban J connectivity index is 0.000000162. The molecule has 0 aromatic carbocycles. The number of carboxylic acid groups (broad SMARTS) is 1. The molecule has 2 aromatic heterocycles. The smallest absolute Gasteiger partial charge is 0.338 e. The number of aliphatic hydroxyl groups is 2. The number of aromatic carboxylic acids is 1. The first-order valence-electron chi connectivity index (χ1n) is 25.2. The Bertz CT molecular complexity index is 1990. The Morgan fingerprint density at radius 1 is 0.562 bits per heavy atom. The average Bonchev–Trinajstić information content (AvgIpc) is 4.04. The van der Waals surface area contributed by atoms with Gasteiger partial charge in [-0.15, -0.1) is 0 Å². The highest BCUT2D eigenvalue weighted by atomic mass is 16.4. The maximum absolute atomic E-state index is 13.4. The minimum Gasteiger partial charge on any atom is -0.478 e. The lowest BCUT2D eigenvalue weighted by Crippen LogP contribution is -2.55. The second-order valence-corrected chi connectivity index (χ2v) is 24.5. The summed E-state index contributed by atoms with van der Waals surface area (Å²) in [5, 5.41) is 38.8. The third-order valence-electron chi connectivity index (χ3n) is 21.1. The molecule has 0 radical (unpaired) electrons. The summed E-state index contributed by atoms with van der Waals surface area (Å²) in [6.07, 6.45) is 25.6. The largest absolute Gasteiger partial charge is 0.478 e. The molecule has 12 heteroatoms. The van der Waals surface area contributed by atoms with Gasteiger partial charge >= 0.3 is 5.97 Å². The number of ketones is 2. The molecule has 10 rings (SSSR count). The summed E-state index contributed by atoms with van der Waals surface area (Å²) in [4.78, 5) is 49.2. The summed E-state index contributed by atoms with van der Waals surface area (Å²) < 4.78 is 3.07. The van der Waals surface area contributed by atoms with Gasteiger partial charge < -0.3 is 21.1 Å². The number of amides is 1. The van der Waals surface area contributed by atoms with Crippen LogP contribution in [-0.4, -0.2) is 69.5 Å². The second-order valence-electron chi connectivity index (χ2n) is 24.5. The highest BCUT2D eigenvalue weighted by molar-refractivity contribution is 5.92. The van der Waals surface area contributed by atoms with Gasteiger partial charge in [0.15, 0.2) is 11.6 Å². The van der Waals surface area contributed by atoms with Crippen molar-refractivity contribution in [2.75, 3.05) is 0 Å². The number of nitrogens with two attached hydrogens (primary N) is 1. The van der Waals surface area contributed by atoms with E-state index >= 15 is 0 Å². The fourth-order valence-corrected chi connectivity index (χ4v) is 17.6. The summed E-state index contributed by atoms with van der Waals surface area (Å²) >= 11 is 0. The summed E-state index contributed by atoms with van der Waals surface area (Å²) in [6, 6.07) is 0. The lowest BCUT2D eigenvalue weighted by molar-refractivity contribution is -0.151. The van der Waals surface area contributed by atoms with Crippen LogP contribution < -0.4 is 5.73 Å². The molecule has 8 aliphatic carbocycles. The van der Waals surface area contributed by atoms with Crippen LogP contribution in [0, 0.1) is 80.8 Å². The Hall–Kier alpha value is -3.38. The number of Topliss-reactive ketones (excluding diaryl/α,β-unsaturated/α-hetero) is 2. The topological polar surface area (TPSA) is 191 Å². The molecule has 8 saturated carbocycles. The SMILES string of the molecule is C[C@@]1(O)CC[C@@]2(C)[C@@H](CC[C@@H]3[C@@H]2CC[C@]2(C)[C@@H](C(=O)Cn4cc(C(=O)O)cn4)CC[C@@H]32)C1.C[C@@]1(O)CC[C@@]2(C)[C@@H](CC[C@@H]3[C@@H]2CC[C@]2(C)[C@@H](C(=O)Cn4cc(C(N)=O)cn4)CC[C@@H]32)C1. The number of hydrogen-bond acceptors (Lipinski definition) is 8. The zero-order chi connectivity index (χ0) is 45.8. The van der Waals surface area contributed by atoms with Gasteiger partial charge in [0.25, 0.3) is 5.91 Å². The van der Waals surface area contributed by atoms with Crippen LogP contribution in [0.25, 0.3) is 0 Å². The zero-order valence-corrected chi connectivity index (χ0v) is 39.6. The predicted molar refractivity (Wildman–Crippen MR) is 242 cm³/mol. The van der Waals surface area contributed by atoms with Crippen molar-refractivity contribution in [2.45, 2.75) is 181 Å². The molecule has 0 spiro atoms. The van der Waals surface area contributed by atoms with E-state index < -0.39 is 23.1 Å². The van der Waals surface area contributed by atoms with Gasteiger partial charge in [-0.1, -0.05) is 27.7 Å². The van der Waals surface area contributed by atoms with Crippen molar-refractivity contribution in [3.8, 4) is 0 Å². The molecule has 2 aromatic rings. The highest BCUT2D eigenvalue weighted by Gasteiger charge is 2.63. The quantitative estimate of drug-likeness (QED) is 0.201. The first-order chi connectivity index (χ1) is 30.1. The first kappa shape index (κ1) is 45.8. The molecule has 0 aliphatic heterocycles. The average molecular weight is 884 g/mol. The van der Waals surface area contributed by atoms with Gasteiger partial charge in [-0.25, -0.2) is 4.79 Å². The van der Waals surface area contributed by atoms with Crippen molar-refractivity contribution in [1.29, 1.82) is 0 Å². The Morgan fingerprint density at radius 3 is 1.36 bits per heavy atom. The number of carboxylic acids is 1. The lowest BCUT2D eigenvalue weighted by Gasteiger charge is -2.61. The number of rotatable bonds is 8. The van der Waals surface area contributed by atoms with E-state index in [0.29, 0.717) is 57.8 Å². The van der Waals surface area contributed by atoms with E-state index in [9.17, 15) is 29.4 Å². The monoisotopic (exact) mass is 884 g/mol. The fraction of sp³-hybridized carbons (Fsp3) is 0.808. The van der Waals surface area contributed by atoms with E-state index in [1.807, 2.05) is 13.8 Å². The molecular formula is C52H77N5O7. The molecule has 0 saturated heterocycles. The van der Waals surface area contributed by atoms with Crippen LogP contribution in [0.15, 0.2) is 24.8 Å². The van der Waals surface area contributed by atoms with Gasteiger partial charge in [0.05, 0.1) is 47.8 Å². The maximum Gasteiger partial charge on any atom is 0.338 e. The molecule has 0 bridgehead atoms. The van der Waals surface area contributed by atoms with Gasteiger partial charge in [0.1, 0.15) is 0 Å². The van der Waals surface area contributed by atoms with Crippen LogP contribution >= 0.6 is 0 Å². The van der Waals surface area contributed by atoms with Gasteiger partial charge in [0, 0.05) is 24.2 Å². The number of carbonyl (C=O) groups excluding carboxylic acids is 3. The summed E-state index contributed by atoms with van der Waals surface area (Å²) in [5.41, 5.74) is 5.61. The standard InChI is InChI=1S/C26H39N3O3.C26H38N2O4/c1-24(32)10-11-25(2)17(12-24)4-5-18-19-6-7-21(26(19,3)9-8-20(18)25)22(30)15-29-14-16(13-28-29)23(27)31;1-24(32)10-11-25(2)17(12-24)4-5-18-19-6-7-21(26(19,3)9-8-20(18)25)22(29)15-28-14-16(13-27-28)23(30)31/h13-14,17-21,32H,4-12,15H2,1-3H3,(H2,27,31);13-14,17-21,32H,4-12,15H2,1-3H3,(H,30,31)/t2*17-,18-,19-,20-,21+,24+,25-,26-/m00/s1. The molecule has 16 atom stereocenters. The van der Waals surface area contributed by atoms with Crippen molar-refractivity contribution in [1.82, 2.24) is 19.6 Å². The molecule has 64 heavy (non-hydrogen) atoms. The number of carbonyl (C=O) groups is 4. The second kappa shape index (κ2) is 16.2. The Kier molecular flexibility index (Phi) is 11.5. The van der Waals surface area contributed by atoms with Crippen LogP contribution in [-0.2, 0) is 22.7 Å². The molecule has 352 valence electrons. The van der Waals surface area contributed by atoms with E-state index in [0.717, 1.165) is 83.0 Å². The van der Waals surface area contributed by atoms with Crippen LogP contribution in [0.3, 0.4) is 0 Å². The minimum atomic E-state index is -1.01. The number of hydrogen-bond donors (Lipinski definition) is 4. The van der Waals surface area contributed by atoms with E-state index in [1.54, 1.807) is 10.9 Å². The number of fused-ring (bicyclic) bond motifs is 10. The fourth-order valence-electron chi connectivity index (χ4n) is 17.6. The Morgan fingerprint density at radius 2 is 0.969 bits per heavy atom. The van der Waals surface area contributed by atoms with E-state index in [2.05, 4.69) is 37.9 Å². The number of nitrogens with zero attached hydrogens (tertiary/aromatic N) is 4. The molecule has 12 nitrogen and oxygen atoms in total. The lowest BCUT2D eigenvalue weighted by atomic mass is 9.44. The molecule has 0 unspecified atom stereocenters. The number of primary amides is 1. The van der Waals surface area contributed by atoms with E-state index in [4.69, 9.17) is 10.8 Å². The molecule has 2 heterocycles. The summed E-state index contributed by atoms with van der Waals surface area (Å²) in [6.45, 7) is 14.2. The molecule has 8 fully saturated rings. The normalized spacial score (nSPS) is 45.6. The molecular weight excluding hydrogens is 807 g/mol. The third kappa shape index (κ3) is 7.74. The van der Waals surface area contributed by atoms with Crippen molar-refractivity contribution < 1.29 is 34.5 Å². The van der Waals surface area contributed by atoms with Crippen LogP contribution in [0.4, 0.5) is 0 Å². The minimum absolute atomic E-state index is 0.0450. The van der Waals surface area contributed by atoms with Gasteiger partial charge in [-0.2, -0.15) is 10.2 Å². The molecule has 5 N–H and O–H groups in total.